The third kappa shape index (κ3) is 4.79. The summed E-state index contributed by atoms with van der Waals surface area (Å²) < 4.78 is 1.87. The van der Waals surface area contributed by atoms with Crippen LogP contribution in [0.1, 0.15) is 11.3 Å². The first-order chi connectivity index (χ1) is 18.7. The molecular weight excluding hydrogens is 563 g/mol. The number of carbonyl (C=O) groups is 3. The van der Waals surface area contributed by atoms with Gasteiger partial charge in [0.15, 0.2) is 23.6 Å². The lowest BCUT2D eigenvalue weighted by Crippen LogP contribution is -2.71. The molecule has 0 radical (unpaired) electrons. The van der Waals surface area contributed by atoms with Gasteiger partial charge in [-0.05, 0) is 6.07 Å². The van der Waals surface area contributed by atoms with Gasteiger partial charge < -0.3 is 31.5 Å². The van der Waals surface area contributed by atoms with Crippen LogP contribution in [0.5, 0.6) is 0 Å². The molecule has 1 fully saturated rings. The molecule has 3 aromatic rings. The predicted molar refractivity (Wildman–Crippen MR) is 147 cm³/mol. The number of nitrogen functional groups attached to an aromatic ring is 1. The first-order valence-corrected chi connectivity index (χ1v) is 13.8. The van der Waals surface area contributed by atoms with E-state index in [1.54, 1.807) is 12.3 Å². The molecule has 5 N–H and O–H groups in total. The van der Waals surface area contributed by atoms with E-state index in [1.807, 2.05) is 28.8 Å². The maximum absolute atomic E-state index is 13.1. The zero-order valence-corrected chi connectivity index (χ0v) is 22.8. The van der Waals surface area contributed by atoms with Crippen molar-refractivity contribution in [2.45, 2.75) is 18.0 Å². The van der Waals surface area contributed by atoms with E-state index in [0.29, 0.717) is 16.9 Å². The monoisotopic (exact) mass is 583 g/mol. The summed E-state index contributed by atoms with van der Waals surface area (Å²) >= 11 is 7.62. The summed E-state index contributed by atoms with van der Waals surface area (Å²) in [6.45, 7) is 0.192. The second-order valence-corrected chi connectivity index (χ2v) is 11.0. The van der Waals surface area contributed by atoms with Crippen molar-refractivity contribution in [2.24, 2.45) is 10.9 Å². The van der Waals surface area contributed by atoms with Crippen molar-refractivity contribution in [2.75, 3.05) is 18.6 Å². The third-order valence-electron chi connectivity index (χ3n) is 6.24. The molecule has 15 heteroatoms. The first kappa shape index (κ1) is 26.5. The normalized spacial score (nSPS) is 18.9. The van der Waals surface area contributed by atoms with E-state index in [4.69, 9.17) is 28.5 Å². The number of carboxylic acid groups (broad SMARTS) is 1. The number of para-hydroxylation sites is 1. The highest BCUT2D eigenvalue weighted by atomic mass is 32.2. The molecule has 12 nitrogen and oxygen atoms in total. The van der Waals surface area contributed by atoms with Crippen molar-refractivity contribution in [1.82, 2.24) is 15.2 Å². The van der Waals surface area contributed by atoms with Crippen LogP contribution in [0, 0.1) is 0 Å². The number of nitrogens with two attached hydrogens (primary N) is 2. The second-order valence-electron chi connectivity index (χ2n) is 8.53. The molecule has 0 spiro atoms. The number of pyridine rings is 1. The predicted octanol–water partition coefficient (Wildman–Crippen LogP) is -0.745. The number of nitrogens with one attached hydrogen (secondary N) is 1. The van der Waals surface area contributed by atoms with E-state index >= 15 is 0 Å². The molecule has 39 heavy (non-hydrogen) atoms. The molecule has 1 saturated heterocycles. The highest BCUT2D eigenvalue weighted by molar-refractivity contribution is 8.00. The van der Waals surface area contributed by atoms with E-state index in [2.05, 4.69) is 15.5 Å². The van der Waals surface area contributed by atoms with Crippen LogP contribution in [0.3, 0.4) is 0 Å². The molecule has 0 saturated carbocycles. The largest absolute Gasteiger partial charge is 0.543 e. The fourth-order valence-corrected chi connectivity index (χ4v) is 6.60. The molecule has 2 aliphatic rings. The summed E-state index contributed by atoms with van der Waals surface area (Å²) in [4.78, 5) is 48.5. The first-order valence-electron chi connectivity index (χ1n) is 11.4. The van der Waals surface area contributed by atoms with Crippen molar-refractivity contribution in [1.29, 1.82) is 0 Å². The van der Waals surface area contributed by atoms with Gasteiger partial charge in [0.2, 0.25) is 5.52 Å². The Hall–Kier alpha value is -4.08. The molecule has 200 valence electrons. The van der Waals surface area contributed by atoms with Gasteiger partial charge in [0.05, 0.1) is 17.1 Å². The number of thiocarbonyl (C=S) groups is 1. The molecule has 4 heterocycles. The number of thiazole rings is 1. The van der Waals surface area contributed by atoms with Crippen LogP contribution in [-0.4, -0.2) is 62.6 Å². The highest BCUT2D eigenvalue weighted by Gasteiger charge is 2.53. The zero-order chi connectivity index (χ0) is 27.8. The molecule has 2 amide bonds. The van der Waals surface area contributed by atoms with Crippen molar-refractivity contribution >= 4 is 79.8 Å². The van der Waals surface area contributed by atoms with Crippen molar-refractivity contribution in [3.8, 4) is 0 Å². The number of aliphatic carboxylic acids is 1. The molecule has 2 atom stereocenters. The van der Waals surface area contributed by atoms with Crippen molar-refractivity contribution in [3.05, 3.63) is 64.4 Å². The Balaban J connectivity index is 1.41. The molecule has 5 rings (SSSR count). The van der Waals surface area contributed by atoms with E-state index in [1.165, 1.54) is 24.3 Å². The van der Waals surface area contributed by atoms with E-state index in [0.717, 1.165) is 27.1 Å². The van der Waals surface area contributed by atoms with E-state index < -0.39 is 29.2 Å². The number of fused-ring (bicyclic) bond motifs is 2. The number of nitrogens with zero attached hydrogens (tertiary/aromatic N) is 4. The molecule has 0 bridgehead atoms. The lowest BCUT2D eigenvalue weighted by molar-refractivity contribution is -0.663. The maximum atomic E-state index is 13.1. The van der Waals surface area contributed by atoms with Crippen LogP contribution >= 0.6 is 35.3 Å². The molecular formula is C24H21N7O5S3. The lowest BCUT2D eigenvalue weighted by atomic mass is 10.0. The summed E-state index contributed by atoms with van der Waals surface area (Å²) in [5.74, 6) is -2.46. The number of rotatable bonds is 8. The van der Waals surface area contributed by atoms with E-state index in [-0.39, 0.29) is 33.8 Å². The van der Waals surface area contributed by atoms with Gasteiger partial charge >= 0.3 is 0 Å². The number of anilines is 1. The number of thioether (sulfide) groups is 1. The Kier molecular flexibility index (Phi) is 7.20. The van der Waals surface area contributed by atoms with Gasteiger partial charge in [-0.2, -0.15) is 4.57 Å². The summed E-state index contributed by atoms with van der Waals surface area (Å²) in [6, 6.07) is 8.28. The zero-order valence-electron chi connectivity index (χ0n) is 20.3. The fourth-order valence-electron chi connectivity index (χ4n) is 4.54. The number of β-lactam (4-membered cyclic amide) rings is 1. The molecule has 2 aromatic heterocycles. The molecule has 1 aromatic carbocycles. The molecule has 1 unspecified atom stereocenters. The Morgan fingerprint density at radius 3 is 2.79 bits per heavy atom. The summed E-state index contributed by atoms with van der Waals surface area (Å²) in [7, 11) is 1.27. The highest BCUT2D eigenvalue weighted by Crippen LogP contribution is 2.40. The van der Waals surface area contributed by atoms with Crippen LogP contribution in [-0.2, 0) is 25.8 Å². The number of hydrogen-bond acceptors (Lipinski definition) is 11. The minimum atomic E-state index is -1.47. The minimum absolute atomic E-state index is 0.155. The van der Waals surface area contributed by atoms with Crippen LogP contribution < -0.4 is 26.5 Å². The topological polar surface area (TPSA) is 180 Å². The van der Waals surface area contributed by atoms with Gasteiger partial charge in [-0.25, -0.2) is 4.98 Å². The fraction of sp³-hybridized carbons (Fsp3) is 0.208. The van der Waals surface area contributed by atoms with Crippen LogP contribution in [0.15, 0.2) is 58.3 Å². The average molecular weight is 584 g/mol. The summed E-state index contributed by atoms with van der Waals surface area (Å²) in [5, 5.41) is 20.5. The van der Waals surface area contributed by atoms with Gasteiger partial charge in [-0.3, -0.25) is 14.5 Å². The van der Waals surface area contributed by atoms with E-state index in [9.17, 15) is 19.5 Å². The Bertz CT molecular complexity index is 1600. The second kappa shape index (κ2) is 10.6. The minimum Gasteiger partial charge on any atom is -0.543 e. The van der Waals surface area contributed by atoms with Gasteiger partial charge in [0, 0.05) is 34.4 Å². The number of carboxylic acids is 1. The Morgan fingerprint density at radius 2 is 2.13 bits per heavy atom. The van der Waals surface area contributed by atoms with Gasteiger partial charge in [-0.15, -0.1) is 23.1 Å². The number of carbonyl (C=O) groups excluding carboxylic acids is 3. The molecule has 2 aliphatic heterocycles. The third-order valence-corrected chi connectivity index (χ3v) is 8.47. The lowest BCUT2D eigenvalue weighted by Gasteiger charge is -2.50. The van der Waals surface area contributed by atoms with Crippen LogP contribution in [0.2, 0.25) is 0 Å². The number of aromatic nitrogens is 2. The summed E-state index contributed by atoms with van der Waals surface area (Å²) in [5.41, 5.74) is 13.4. The standard InChI is InChI=1S/C24H21N7O5S3/c1-36-29-16(14-10-39-24(26)27-14)20(32)28-17-21(33)31-18(23(34)35)11(9-38-22(17)31)8-30-7-6-13(19(25)37)12-4-2-3-5-15(12)30/h2-7,10,17,22H,8-9H2,1H3,(H5-,25,26,27,28,32,34,35,37)/b29-16-/t17?,22-/m1/s1. The van der Waals surface area contributed by atoms with Crippen molar-refractivity contribution < 1.29 is 28.9 Å². The maximum Gasteiger partial charge on any atom is 0.276 e. The SMILES string of the molecule is CO/N=C(\C(=O)NC1C(=O)N2C(C(=O)[O-])=C(C[n+]3ccc(C(N)=S)c4ccccc43)CS[C@H]12)c1csc(N)n1. The van der Waals surface area contributed by atoms with Gasteiger partial charge in [0.1, 0.15) is 29.2 Å². The quantitative estimate of drug-likeness (QED) is 0.100. The smallest absolute Gasteiger partial charge is 0.276 e. The Labute approximate surface area is 235 Å². The van der Waals surface area contributed by atoms with Gasteiger partial charge in [0.25, 0.3) is 11.8 Å². The Morgan fingerprint density at radius 1 is 1.36 bits per heavy atom. The number of oxime groups is 1. The summed E-state index contributed by atoms with van der Waals surface area (Å²) in [6.07, 6.45) is 1.77. The number of amides is 2. The van der Waals surface area contributed by atoms with Crippen LogP contribution in [0.25, 0.3) is 10.9 Å². The number of benzene rings is 1. The van der Waals surface area contributed by atoms with Gasteiger partial charge in [-0.1, -0.05) is 29.5 Å². The average Bonchev–Trinajstić information content (AvgIpc) is 3.35. The number of hydrogen-bond donors (Lipinski definition) is 3. The van der Waals surface area contributed by atoms with Crippen LogP contribution in [0.4, 0.5) is 5.13 Å². The van der Waals surface area contributed by atoms with Crippen molar-refractivity contribution in [3.63, 3.8) is 0 Å². The molecule has 0 aliphatic carbocycles.